The van der Waals surface area contributed by atoms with Crippen molar-refractivity contribution in [3.8, 4) is 6.07 Å². The van der Waals surface area contributed by atoms with E-state index in [-0.39, 0.29) is 0 Å². The molecule has 0 fully saturated rings. The van der Waals surface area contributed by atoms with Gasteiger partial charge >= 0.3 is 5.97 Å². The van der Waals surface area contributed by atoms with Crippen LogP contribution >= 0.6 is 0 Å². The van der Waals surface area contributed by atoms with Gasteiger partial charge in [0.2, 0.25) is 0 Å². The molecule has 4 nitrogen and oxygen atoms in total. The van der Waals surface area contributed by atoms with E-state index in [4.69, 9.17) is 16.1 Å². The molecule has 0 aliphatic heterocycles. The van der Waals surface area contributed by atoms with Crippen LogP contribution in [0.25, 0.3) is 0 Å². The van der Waals surface area contributed by atoms with Gasteiger partial charge < -0.3 is 10.8 Å². The van der Waals surface area contributed by atoms with E-state index in [2.05, 4.69) is 0 Å². The number of carbonyl (C=O) groups is 1. The molecule has 15 heavy (non-hydrogen) atoms. The van der Waals surface area contributed by atoms with E-state index in [1.54, 1.807) is 12.1 Å². The summed E-state index contributed by atoms with van der Waals surface area (Å²) >= 11 is 0. The van der Waals surface area contributed by atoms with Crippen molar-refractivity contribution in [3.05, 3.63) is 35.4 Å². The summed E-state index contributed by atoms with van der Waals surface area (Å²) in [6, 6.07) is 8.24. The molecule has 0 aliphatic rings. The molecule has 0 saturated carbocycles. The Morgan fingerprint density at radius 3 is 2.53 bits per heavy atom. The molecule has 1 aromatic carbocycles. The van der Waals surface area contributed by atoms with E-state index < -0.39 is 12.0 Å². The Balaban J connectivity index is 2.52. The largest absolute Gasteiger partial charge is 0.480 e. The highest BCUT2D eigenvalue weighted by molar-refractivity contribution is 5.73. The number of hydrogen-bond acceptors (Lipinski definition) is 3. The Hall–Kier alpha value is -1.86. The zero-order chi connectivity index (χ0) is 11.3. The molecule has 4 heteroatoms. The van der Waals surface area contributed by atoms with E-state index in [0.717, 1.165) is 5.56 Å². The number of nitriles is 1. The first kappa shape index (κ1) is 11.2. The molecule has 0 radical (unpaired) electrons. The van der Waals surface area contributed by atoms with Crippen LogP contribution in [-0.4, -0.2) is 17.1 Å². The molecule has 0 amide bonds. The predicted molar refractivity (Wildman–Crippen MR) is 55.1 cm³/mol. The number of carboxylic acid groups (broad SMARTS) is 1. The Morgan fingerprint density at radius 2 is 2.07 bits per heavy atom. The van der Waals surface area contributed by atoms with Crippen molar-refractivity contribution in [1.82, 2.24) is 0 Å². The number of nitrogens with zero attached hydrogens (tertiary/aromatic N) is 1. The fourth-order valence-corrected chi connectivity index (χ4v) is 1.19. The number of benzene rings is 1. The van der Waals surface area contributed by atoms with Crippen molar-refractivity contribution in [2.45, 2.75) is 18.9 Å². The van der Waals surface area contributed by atoms with Crippen LogP contribution in [0.4, 0.5) is 0 Å². The molecular weight excluding hydrogens is 192 g/mol. The Labute approximate surface area is 87.9 Å². The van der Waals surface area contributed by atoms with Crippen LogP contribution in [0.15, 0.2) is 24.3 Å². The van der Waals surface area contributed by atoms with Gasteiger partial charge in [0, 0.05) is 0 Å². The van der Waals surface area contributed by atoms with Gasteiger partial charge in [0.15, 0.2) is 0 Å². The average molecular weight is 204 g/mol. The third-order valence-electron chi connectivity index (χ3n) is 2.14. The molecule has 1 aromatic rings. The molecule has 3 N–H and O–H groups in total. The van der Waals surface area contributed by atoms with E-state index in [0.29, 0.717) is 18.4 Å². The second kappa shape index (κ2) is 5.13. The fraction of sp³-hybridized carbons (Fsp3) is 0.273. The molecule has 0 aliphatic carbocycles. The van der Waals surface area contributed by atoms with Gasteiger partial charge in [-0.25, -0.2) is 0 Å². The van der Waals surface area contributed by atoms with Crippen molar-refractivity contribution < 1.29 is 9.90 Å². The zero-order valence-corrected chi connectivity index (χ0v) is 8.18. The standard InChI is InChI=1S/C11H12N2O2/c12-7-9-3-1-8(2-4-9)5-6-10(13)11(14)15/h1-4,10H,5-6,13H2,(H,14,15). The molecule has 1 atom stereocenters. The van der Waals surface area contributed by atoms with Crippen molar-refractivity contribution in [2.24, 2.45) is 5.73 Å². The van der Waals surface area contributed by atoms with E-state index in [1.807, 2.05) is 18.2 Å². The Kier molecular flexibility index (Phi) is 3.83. The number of nitrogens with two attached hydrogens (primary N) is 1. The molecule has 1 unspecified atom stereocenters. The van der Waals surface area contributed by atoms with Crippen LogP contribution in [0.3, 0.4) is 0 Å². The van der Waals surface area contributed by atoms with Crippen molar-refractivity contribution in [3.63, 3.8) is 0 Å². The summed E-state index contributed by atoms with van der Waals surface area (Å²) in [5.74, 6) is -0.983. The minimum atomic E-state index is -0.983. The van der Waals surface area contributed by atoms with Gasteiger partial charge in [-0.1, -0.05) is 12.1 Å². The third-order valence-corrected chi connectivity index (χ3v) is 2.14. The maximum absolute atomic E-state index is 10.5. The van der Waals surface area contributed by atoms with Crippen LogP contribution in [0, 0.1) is 11.3 Å². The second-order valence-corrected chi connectivity index (χ2v) is 3.29. The summed E-state index contributed by atoms with van der Waals surface area (Å²) in [5.41, 5.74) is 6.96. The Bertz CT molecular complexity index is 379. The molecule has 1 rings (SSSR count). The van der Waals surface area contributed by atoms with Gasteiger partial charge in [-0.2, -0.15) is 5.26 Å². The van der Waals surface area contributed by atoms with Crippen LogP contribution in [0.2, 0.25) is 0 Å². The van der Waals surface area contributed by atoms with E-state index >= 15 is 0 Å². The number of aliphatic carboxylic acids is 1. The third kappa shape index (κ3) is 3.41. The van der Waals surface area contributed by atoms with Gasteiger partial charge in [0.1, 0.15) is 6.04 Å². The molecule has 0 aromatic heterocycles. The summed E-state index contributed by atoms with van der Waals surface area (Å²) in [7, 11) is 0. The first-order chi connectivity index (χ1) is 7.13. The first-order valence-corrected chi connectivity index (χ1v) is 4.61. The number of aryl methyl sites for hydroxylation is 1. The molecule has 0 saturated heterocycles. The summed E-state index contributed by atoms with van der Waals surface area (Å²) in [6.45, 7) is 0. The normalized spacial score (nSPS) is 11.7. The number of rotatable bonds is 4. The van der Waals surface area contributed by atoms with Crippen LogP contribution in [0.1, 0.15) is 17.5 Å². The van der Waals surface area contributed by atoms with Crippen LogP contribution in [-0.2, 0) is 11.2 Å². The number of carboxylic acids is 1. The van der Waals surface area contributed by atoms with Gasteiger partial charge in [-0.3, -0.25) is 4.79 Å². The fourth-order valence-electron chi connectivity index (χ4n) is 1.19. The molecule has 0 spiro atoms. The second-order valence-electron chi connectivity index (χ2n) is 3.29. The minimum Gasteiger partial charge on any atom is -0.480 e. The van der Waals surface area contributed by atoms with Crippen molar-refractivity contribution in [1.29, 1.82) is 5.26 Å². The minimum absolute atomic E-state index is 0.404. The maximum atomic E-state index is 10.5. The smallest absolute Gasteiger partial charge is 0.320 e. The van der Waals surface area contributed by atoms with Crippen LogP contribution in [0.5, 0.6) is 0 Å². The lowest BCUT2D eigenvalue weighted by molar-refractivity contribution is -0.138. The van der Waals surface area contributed by atoms with Crippen molar-refractivity contribution in [2.75, 3.05) is 0 Å². The van der Waals surface area contributed by atoms with Gasteiger partial charge in [-0.05, 0) is 30.5 Å². The Morgan fingerprint density at radius 1 is 1.47 bits per heavy atom. The monoisotopic (exact) mass is 204 g/mol. The molecule has 0 heterocycles. The summed E-state index contributed by atoms with van der Waals surface area (Å²) in [4.78, 5) is 10.5. The quantitative estimate of drug-likeness (QED) is 0.762. The highest BCUT2D eigenvalue weighted by Gasteiger charge is 2.10. The van der Waals surface area contributed by atoms with Crippen molar-refractivity contribution >= 4 is 5.97 Å². The molecular formula is C11H12N2O2. The average Bonchev–Trinajstić information content (AvgIpc) is 2.26. The molecule has 78 valence electrons. The molecule has 0 bridgehead atoms. The zero-order valence-electron chi connectivity index (χ0n) is 8.18. The first-order valence-electron chi connectivity index (χ1n) is 4.61. The predicted octanol–water partition coefficient (Wildman–Crippen LogP) is 0.903. The maximum Gasteiger partial charge on any atom is 0.320 e. The van der Waals surface area contributed by atoms with Gasteiger partial charge in [0.25, 0.3) is 0 Å². The summed E-state index contributed by atoms with van der Waals surface area (Å²) < 4.78 is 0. The van der Waals surface area contributed by atoms with E-state index in [9.17, 15) is 4.79 Å². The number of hydrogen-bond donors (Lipinski definition) is 2. The van der Waals surface area contributed by atoms with Crippen LogP contribution < -0.4 is 5.73 Å². The lowest BCUT2D eigenvalue weighted by Crippen LogP contribution is -2.30. The topological polar surface area (TPSA) is 87.1 Å². The van der Waals surface area contributed by atoms with Gasteiger partial charge in [0.05, 0.1) is 11.6 Å². The summed E-state index contributed by atoms with van der Waals surface area (Å²) in [6.07, 6.45) is 1.01. The SMILES string of the molecule is N#Cc1ccc(CCC(N)C(=O)O)cc1. The lowest BCUT2D eigenvalue weighted by atomic mass is 10.0. The summed E-state index contributed by atoms with van der Waals surface area (Å²) in [5, 5.41) is 17.1. The lowest BCUT2D eigenvalue weighted by Gasteiger charge is -2.05. The highest BCUT2D eigenvalue weighted by Crippen LogP contribution is 2.06. The van der Waals surface area contributed by atoms with Gasteiger partial charge in [-0.15, -0.1) is 0 Å². The highest BCUT2D eigenvalue weighted by atomic mass is 16.4. The van der Waals surface area contributed by atoms with E-state index in [1.165, 1.54) is 0 Å².